The smallest absolute Gasteiger partial charge is 0.189 e. The molecule has 0 amide bonds. The number of alkyl halides is 1. The zero-order chi connectivity index (χ0) is 19.3. The Labute approximate surface area is 160 Å². The van der Waals surface area contributed by atoms with Crippen LogP contribution >= 0.6 is 0 Å². The van der Waals surface area contributed by atoms with E-state index in [0.717, 1.165) is 23.0 Å². The molecule has 1 atom stereocenters. The molecule has 0 radical (unpaired) electrons. The van der Waals surface area contributed by atoms with Crippen LogP contribution in [0.1, 0.15) is 34.3 Å². The molecule has 0 spiro atoms. The fourth-order valence-corrected chi connectivity index (χ4v) is 4.40. The highest BCUT2D eigenvalue weighted by Gasteiger charge is 2.36. The second-order valence-corrected chi connectivity index (χ2v) is 7.56. The predicted octanol–water partition coefficient (Wildman–Crippen LogP) is 4.24. The molecular weight excluding hydrogens is 362 g/mol. The highest BCUT2D eigenvalue weighted by molar-refractivity contribution is 6.11. The molecule has 5 rings (SSSR count). The van der Waals surface area contributed by atoms with Crippen LogP contribution in [-0.4, -0.2) is 30.5 Å². The van der Waals surface area contributed by atoms with E-state index in [4.69, 9.17) is 4.74 Å². The Morgan fingerprint density at radius 1 is 1.14 bits per heavy atom. The first kappa shape index (κ1) is 17.5. The molecule has 2 aliphatic heterocycles. The third kappa shape index (κ3) is 2.67. The predicted molar refractivity (Wildman–Crippen MR) is 103 cm³/mol. The molecular formula is C22H20F2N2O2. The van der Waals surface area contributed by atoms with Crippen LogP contribution in [0.5, 0.6) is 0 Å². The van der Waals surface area contributed by atoms with E-state index in [1.54, 1.807) is 18.2 Å². The van der Waals surface area contributed by atoms with Gasteiger partial charge in [-0.3, -0.25) is 4.79 Å². The third-order valence-electron chi connectivity index (χ3n) is 5.78. The number of hydrogen-bond acceptors (Lipinski definition) is 3. The molecule has 0 aliphatic carbocycles. The van der Waals surface area contributed by atoms with Crippen molar-refractivity contribution in [2.45, 2.75) is 25.1 Å². The lowest BCUT2D eigenvalue weighted by molar-refractivity contribution is 0.0742. The molecule has 2 aromatic carbocycles. The van der Waals surface area contributed by atoms with Crippen molar-refractivity contribution < 1.29 is 18.3 Å². The molecule has 2 N–H and O–H groups in total. The van der Waals surface area contributed by atoms with Gasteiger partial charge in [0.25, 0.3) is 0 Å². The first-order valence-corrected chi connectivity index (χ1v) is 9.51. The lowest BCUT2D eigenvalue weighted by atomic mass is 9.87. The van der Waals surface area contributed by atoms with Gasteiger partial charge in [0.1, 0.15) is 12.4 Å². The Balaban J connectivity index is 1.63. The molecule has 3 aromatic rings. The standard InChI is InChI=1S/C22H20F2N2O2/c23-17-9-13(5-6-16(17)22(24)7-2-8-25-12-22)21-15-10-28-11-19(27)14-3-1-4-18(26-21)20(14)15/h1,3-6,9,25-26H,2,7-8,10-12H2/t22-/m0/s1. The van der Waals surface area contributed by atoms with Crippen LogP contribution in [0.25, 0.3) is 22.2 Å². The van der Waals surface area contributed by atoms with Gasteiger partial charge in [-0.15, -0.1) is 0 Å². The number of aromatic nitrogens is 1. The number of benzene rings is 2. The Kier molecular flexibility index (Phi) is 4.07. The molecule has 0 unspecified atom stereocenters. The van der Waals surface area contributed by atoms with Gasteiger partial charge in [0.15, 0.2) is 11.5 Å². The van der Waals surface area contributed by atoms with E-state index in [1.807, 2.05) is 12.1 Å². The SMILES string of the molecule is O=C1COCc2c(-c3ccc([C@]4(F)CCCNC4)c(F)c3)[nH]c3cccc1c23. The molecule has 4 nitrogen and oxygen atoms in total. The number of rotatable bonds is 2. The van der Waals surface area contributed by atoms with Crippen LogP contribution in [0.3, 0.4) is 0 Å². The number of hydrogen-bond donors (Lipinski definition) is 2. The summed E-state index contributed by atoms with van der Waals surface area (Å²) in [6, 6.07) is 10.1. The number of piperidine rings is 1. The maximum atomic E-state index is 15.2. The van der Waals surface area contributed by atoms with E-state index in [-0.39, 0.29) is 31.1 Å². The van der Waals surface area contributed by atoms with Gasteiger partial charge in [-0.05, 0) is 31.5 Å². The molecule has 1 saturated heterocycles. The van der Waals surface area contributed by atoms with E-state index in [1.165, 1.54) is 6.07 Å². The summed E-state index contributed by atoms with van der Waals surface area (Å²) in [6.45, 7) is 1.17. The van der Waals surface area contributed by atoms with Crippen molar-refractivity contribution in [3.8, 4) is 11.3 Å². The molecule has 28 heavy (non-hydrogen) atoms. The summed E-state index contributed by atoms with van der Waals surface area (Å²) >= 11 is 0. The van der Waals surface area contributed by atoms with E-state index in [0.29, 0.717) is 29.7 Å². The van der Waals surface area contributed by atoms with Crippen molar-refractivity contribution in [2.75, 3.05) is 19.7 Å². The van der Waals surface area contributed by atoms with E-state index >= 15 is 4.39 Å². The van der Waals surface area contributed by atoms with Gasteiger partial charge in [0, 0.05) is 39.7 Å². The van der Waals surface area contributed by atoms with E-state index in [2.05, 4.69) is 10.3 Å². The number of H-pyrrole nitrogens is 1. The number of Topliss-reactive ketones (excluding diaryl/α,β-unsaturated/α-hetero) is 1. The maximum Gasteiger partial charge on any atom is 0.189 e. The normalized spacial score (nSPS) is 22.4. The number of carbonyl (C=O) groups excluding carboxylic acids is 1. The number of ketones is 1. The van der Waals surface area contributed by atoms with Crippen molar-refractivity contribution in [1.82, 2.24) is 10.3 Å². The van der Waals surface area contributed by atoms with Crippen LogP contribution in [0, 0.1) is 5.82 Å². The van der Waals surface area contributed by atoms with Crippen LogP contribution in [-0.2, 0) is 17.0 Å². The quantitative estimate of drug-likeness (QED) is 0.697. The minimum absolute atomic E-state index is 0.0257. The number of nitrogens with one attached hydrogen (secondary N) is 2. The fourth-order valence-electron chi connectivity index (χ4n) is 4.40. The van der Waals surface area contributed by atoms with Gasteiger partial charge in [-0.25, -0.2) is 8.78 Å². The number of halogens is 2. The Morgan fingerprint density at radius 2 is 2.04 bits per heavy atom. The minimum Gasteiger partial charge on any atom is -0.369 e. The Morgan fingerprint density at radius 3 is 2.82 bits per heavy atom. The molecule has 1 fully saturated rings. The molecule has 1 aromatic heterocycles. The summed E-state index contributed by atoms with van der Waals surface area (Å²) in [5.74, 6) is -0.624. The maximum absolute atomic E-state index is 15.2. The summed E-state index contributed by atoms with van der Waals surface area (Å²) in [7, 11) is 0. The summed E-state index contributed by atoms with van der Waals surface area (Å²) < 4.78 is 35.7. The van der Waals surface area contributed by atoms with Gasteiger partial charge in [0.2, 0.25) is 0 Å². The highest BCUT2D eigenvalue weighted by atomic mass is 19.1. The summed E-state index contributed by atoms with van der Waals surface area (Å²) in [5.41, 5.74) is 1.98. The number of carbonyl (C=O) groups is 1. The lowest BCUT2D eigenvalue weighted by Crippen LogP contribution is -2.40. The first-order chi connectivity index (χ1) is 13.6. The molecule has 144 valence electrons. The molecule has 0 saturated carbocycles. The second kappa shape index (κ2) is 6.50. The summed E-state index contributed by atoms with van der Waals surface area (Å²) in [4.78, 5) is 15.6. The van der Waals surface area contributed by atoms with Crippen molar-refractivity contribution >= 4 is 16.7 Å². The third-order valence-corrected chi connectivity index (χ3v) is 5.78. The number of aromatic amines is 1. The first-order valence-electron chi connectivity index (χ1n) is 9.51. The lowest BCUT2D eigenvalue weighted by Gasteiger charge is -2.31. The molecule has 3 heterocycles. The van der Waals surface area contributed by atoms with Crippen LogP contribution < -0.4 is 5.32 Å². The van der Waals surface area contributed by atoms with Gasteiger partial charge < -0.3 is 15.0 Å². The topological polar surface area (TPSA) is 54.1 Å². The molecule has 6 heteroatoms. The van der Waals surface area contributed by atoms with Gasteiger partial charge in [-0.2, -0.15) is 0 Å². The average molecular weight is 382 g/mol. The highest BCUT2D eigenvalue weighted by Crippen LogP contribution is 2.38. The van der Waals surface area contributed by atoms with Crippen LogP contribution in [0.15, 0.2) is 36.4 Å². The second-order valence-electron chi connectivity index (χ2n) is 7.56. The number of ether oxygens (including phenoxy) is 1. The monoisotopic (exact) mass is 382 g/mol. The van der Waals surface area contributed by atoms with Crippen molar-refractivity contribution in [2.24, 2.45) is 0 Å². The van der Waals surface area contributed by atoms with Crippen LogP contribution in [0.4, 0.5) is 8.78 Å². The molecule has 2 aliphatic rings. The summed E-state index contributed by atoms with van der Waals surface area (Å²) in [6.07, 6.45) is 0.991. The summed E-state index contributed by atoms with van der Waals surface area (Å²) in [5, 5.41) is 3.83. The van der Waals surface area contributed by atoms with Gasteiger partial charge >= 0.3 is 0 Å². The average Bonchev–Trinajstić information content (AvgIpc) is 2.98. The fraction of sp³-hybridized carbons (Fsp3) is 0.318. The van der Waals surface area contributed by atoms with Gasteiger partial charge in [0.05, 0.1) is 12.3 Å². The van der Waals surface area contributed by atoms with Crippen molar-refractivity contribution in [3.63, 3.8) is 0 Å². The van der Waals surface area contributed by atoms with Crippen molar-refractivity contribution in [1.29, 1.82) is 0 Å². The van der Waals surface area contributed by atoms with E-state index in [9.17, 15) is 9.18 Å². The Bertz CT molecular complexity index is 1080. The molecule has 0 bridgehead atoms. The minimum atomic E-state index is -1.68. The zero-order valence-electron chi connectivity index (χ0n) is 15.3. The largest absolute Gasteiger partial charge is 0.369 e. The van der Waals surface area contributed by atoms with E-state index < -0.39 is 11.5 Å². The Hall–Kier alpha value is -2.57. The zero-order valence-corrected chi connectivity index (χ0v) is 15.3. The van der Waals surface area contributed by atoms with Crippen molar-refractivity contribution in [3.05, 3.63) is 58.9 Å². The van der Waals surface area contributed by atoms with Crippen LogP contribution in [0.2, 0.25) is 0 Å². The van der Waals surface area contributed by atoms with Gasteiger partial charge in [-0.1, -0.05) is 24.3 Å².